The van der Waals surface area contributed by atoms with Crippen LogP contribution in [0.4, 0.5) is 5.82 Å². The van der Waals surface area contributed by atoms with Crippen LogP contribution in [0.3, 0.4) is 0 Å². The Bertz CT molecular complexity index is 578. The first-order chi connectivity index (χ1) is 8.58. The molecule has 0 bridgehead atoms. The highest BCUT2D eigenvalue weighted by Gasteiger charge is 2.18. The number of nitrogen functional groups attached to an aromatic ring is 1. The standard InChI is InChI=1S/C13H16ClN3O/c1-4-10-12(13(15)17(2)16-10)9-7-8(14)5-6-11(9)18-3/h5-7H,4,15H2,1-3H3. The van der Waals surface area contributed by atoms with Gasteiger partial charge in [0.25, 0.3) is 0 Å². The van der Waals surface area contributed by atoms with E-state index in [9.17, 15) is 0 Å². The number of hydrogen-bond acceptors (Lipinski definition) is 3. The molecule has 1 aromatic heterocycles. The summed E-state index contributed by atoms with van der Waals surface area (Å²) in [7, 11) is 3.46. The summed E-state index contributed by atoms with van der Waals surface area (Å²) in [5.74, 6) is 1.36. The minimum absolute atomic E-state index is 0.618. The van der Waals surface area contributed by atoms with Gasteiger partial charge in [-0.3, -0.25) is 4.68 Å². The maximum Gasteiger partial charge on any atom is 0.129 e. The molecule has 2 N–H and O–H groups in total. The second-order valence-corrected chi connectivity index (χ2v) is 4.47. The molecule has 0 aliphatic rings. The molecule has 0 radical (unpaired) electrons. The lowest BCUT2D eigenvalue weighted by Crippen LogP contribution is -1.98. The number of nitrogens with zero attached hydrogens (tertiary/aromatic N) is 2. The molecule has 1 aromatic carbocycles. The molecule has 18 heavy (non-hydrogen) atoms. The number of anilines is 1. The van der Waals surface area contributed by atoms with Gasteiger partial charge in [0.15, 0.2) is 0 Å². The van der Waals surface area contributed by atoms with Gasteiger partial charge in [0.1, 0.15) is 11.6 Å². The van der Waals surface area contributed by atoms with Crippen LogP contribution in [0, 0.1) is 0 Å². The van der Waals surface area contributed by atoms with E-state index in [1.807, 2.05) is 26.1 Å². The highest BCUT2D eigenvalue weighted by atomic mass is 35.5. The van der Waals surface area contributed by atoms with E-state index in [1.165, 1.54) is 0 Å². The summed E-state index contributed by atoms with van der Waals surface area (Å²) < 4.78 is 7.04. The number of rotatable bonds is 3. The van der Waals surface area contributed by atoms with Gasteiger partial charge in [0.05, 0.1) is 18.4 Å². The average molecular weight is 266 g/mol. The minimum atomic E-state index is 0.618. The van der Waals surface area contributed by atoms with Gasteiger partial charge in [0.2, 0.25) is 0 Å². The Morgan fingerprint density at radius 2 is 2.17 bits per heavy atom. The van der Waals surface area contributed by atoms with Crippen molar-refractivity contribution in [1.82, 2.24) is 9.78 Å². The van der Waals surface area contributed by atoms with Crippen LogP contribution in [-0.4, -0.2) is 16.9 Å². The quantitative estimate of drug-likeness (QED) is 0.928. The van der Waals surface area contributed by atoms with Gasteiger partial charge >= 0.3 is 0 Å². The molecule has 5 heteroatoms. The molecule has 0 aliphatic carbocycles. The highest BCUT2D eigenvalue weighted by Crippen LogP contribution is 2.37. The zero-order valence-electron chi connectivity index (χ0n) is 10.7. The number of methoxy groups -OCH3 is 1. The topological polar surface area (TPSA) is 53.1 Å². The second kappa shape index (κ2) is 4.90. The fourth-order valence-electron chi connectivity index (χ4n) is 2.01. The zero-order valence-corrected chi connectivity index (χ0v) is 11.5. The molecule has 0 spiro atoms. The summed E-state index contributed by atoms with van der Waals surface area (Å²) in [6.45, 7) is 2.04. The Morgan fingerprint density at radius 3 is 2.78 bits per heavy atom. The Balaban J connectivity index is 2.71. The summed E-state index contributed by atoms with van der Waals surface area (Å²) in [5, 5.41) is 5.05. The molecule has 2 rings (SSSR count). The summed E-state index contributed by atoms with van der Waals surface area (Å²) in [5.41, 5.74) is 8.81. The molecule has 0 saturated carbocycles. The summed E-state index contributed by atoms with van der Waals surface area (Å²) in [6.07, 6.45) is 0.802. The lowest BCUT2D eigenvalue weighted by molar-refractivity contribution is 0.416. The third-order valence-electron chi connectivity index (χ3n) is 2.93. The number of benzene rings is 1. The molecule has 96 valence electrons. The van der Waals surface area contributed by atoms with E-state index < -0.39 is 0 Å². The number of halogens is 1. The number of aryl methyl sites for hydroxylation is 2. The lowest BCUT2D eigenvalue weighted by atomic mass is 10.0. The van der Waals surface area contributed by atoms with Crippen molar-refractivity contribution in [3.8, 4) is 16.9 Å². The van der Waals surface area contributed by atoms with E-state index in [4.69, 9.17) is 22.1 Å². The maximum atomic E-state index is 6.09. The number of ether oxygens (including phenoxy) is 1. The molecule has 0 atom stereocenters. The molecule has 4 nitrogen and oxygen atoms in total. The Morgan fingerprint density at radius 1 is 1.44 bits per heavy atom. The number of aromatic nitrogens is 2. The van der Waals surface area contributed by atoms with E-state index in [0.29, 0.717) is 10.8 Å². The first kappa shape index (κ1) is 12.8. The van der Waals surface area contributed by atoms with Crippen LogP contribution in [0.25, 0.3) is 11.1 Å². The molecule has 2 aromatic rings. The van der Waals surface area contributed by atoms with Crippen molar-refractivity contribution in [1.29, 1.82) is 0 Å². The fourth-order valence-corrected chi connectivity index (χ4v) is 2.18. The van der Waals surface area contributed by atoms with Crippen LogP contribution in [0.1, 0.15) is 12.6 Å². The van der Waals surface area contributed by atoms with E-state index >= 15 is 0 Å². The fraction of sp³-hybridized carbons (Fsp3) is 0.308. The normalized spacial score (nSPS) is 10.7. The smallest absolute Gasteiger partial charge is 0.129 e. The van der Waals surface area contributed by atoms with Crippen molar-refractivity contribution in [3.63, 3.8) is 0 Å². The Kier molecular flexibility index (Phi) is 3.48. The summed E-state index contributed by atoms with van der Waals surface area (Å²) >= 11 is 6.05. The molecule has 1 heterocycles. The van der Waals surface area contributed by atoms with E-state index in [1.54, 1.807) is 17.9 Å². The van der Waals surface area contributed by atoms with Gasteiger partial charge in [-0.25, -0.2) is 0 Å². The molecule has 0 aliphatic heterocycles. The highest BCUT2D eigenvalue weighted by molar-refractivity contribution is 6.31. The van der Waals surface area contributed by atoms with Gasteiger partial charge in [0, 0.05) is 17.6 Å². The SMILES string of the molecule is CCc1nn(C)c(N)c1-c1cc(Cl)ccc1OC. The lowest BCUT2D eigenvalue weighted by Gasteiger charge is -2.09. The summed E-state index contributed by atoms with van der Waals surface area (Å²) in [6, 6.07) is 5.48. The first-order valence-corrected chi connectivity index (χ1v) is 6.11. The van der Waals surface area contributed by atoms with Crippen molar-refractivity contribution in [2.45, 2.75) is 13.3 Å². The first-order valence-electron chi connectivity index (χ1n) is 5.73. The number of hydrogen-bond donors (Lipinski definition) is 1. The molecular formula is C13H16ClN3O. The average Bonchev–Trinajstić information content (AvgIpc) is 2.65. The largest absolute Gasteiger partial charge is 0.496 e. The van der Waals surface area contributed by atoms with Crippen molar-refractivity contribution in [3.05, 3.63) is 28.9 Å². The third-order valence-corrected chi connectivity index (χ3v) is 3.16. The van der Waals surface area contributed by atoms with Crippen molar-refractivity contribution in [2.75, 3.05) is 12.8 Å². The van der Waals surface area contributed by atoms with E-state index in [0.717, 1.165) is 29.0 Å². The van der Waals surface area contributed by atoms with Crippen LogP contribution in [-0.2, 0) is 13.5 Å². The van der Waals surface area contributed by atoms with Crippen LogP contribution in [0.5, 0.6) is 5.75 Å². The van der Waals surface area contributed by atoms with Crippen molar-refractivity contribution < 1.29 is 4.74 Å². The van der Waals surface area contributed by atoms with Crippen molar-refractivity contribution >= 4 is 17.4 Å². The predicted octanol–water partition coefficient (Wildman–Crippen LogP) is 2.89. The van der Waals surface area contributed by atoms with Gasteiger partial charge in [-0.2, -0.15) is 5.10 Å². The van der Waals surface area contributed by atoms with E-state index in [-0.39, 0.29) is 0 Å². The molecular weight excluding hydrogens is 250 g/mol. The zero-order chi connectivity index (χ0) is 13.3. The minimum Gasteiger partial charge on any atom is -0.496 e. The van der Waals surface area contributed by atoms with Crippen LogP contribution >= 0.6 is 11.6 Å². The van der Waals surface area contributed by atoms with Crippen LogP contribution < -0.4 is 10.5 Å². The Hall–Kier alpha value is -1.68. The second-order valence-electron chi connectivity index (χ2n) is 4.03. The Labute approximate surface area is 111 Å². The molecule has 0 saturated heterocycles. The van der Waals surface area contributed by atoms with Crippen LogP contribution in [0.15, 0.2) is 18.2 Å². The van der Waals surface area contributed by atoms with Gasteiger partial charge in [-0.15, -0.1) is 0 Å². The number of nitrogens with two attached hydrogens (primary N) is 1. The van der Waals surface area contributed by atoms with Gasteiger partial charge in [-0.05, 0) is 24.6 Å². The maximum absolute atomic E-state index is 6.09. The molecule has 0 unspecified atom stereocenters. The molecule has 0 amide bonds. The van der Waals surface area contributed by atoms with Gasteiger partial charge < -0.3 is 10.5 Å². The summed E-state index contributed by atoms with van der Waals surface area (Å²) in [4.78, 5) is 0. The van der Waals surface area contributed by atoms with Crippen LogP contribution in [0.2, 0.25) is 5.02 Å². The van der Waals surface area contributed by atoms with Crippen molar-refractivity contribution in [2.24, 2.45) is 7.05 Å². The van der Waals surface area contributed by atoms with E-state index in [2.05, 4.69) is 5.10 Å². The monoisotopic (exact) mass is 265 g/mol. The van der Waals surface area contributed by atoms with Gasteiger partial charge in [-0.1, -0.05) is 18.5 Å². The molecule has 0 fully saturated rings. The predicted molar refractivity (Wildman–Crippen MR) is 74.0 cm³/mol. The third kappa shape index (κ3) is 2.04.